The van der Waals surface area contributed by atoms with Gasteiger partial charge in [-0.15, -0.1) is 0 Å². The van der Waals surface area contributed by atoms with E-state index in [1.165, 1.54) is 0 Å². The Morgan fingerprint density at radius 3 is 2.18 bits per heavy atom. The van der Waals surface area contributed by atoms with Crippen molar-refractivity contribution in [3.05, 3.63) is 11.1 Å². The summed E-state index contributed by atoms with van der Waals surface area (Å²) in [6.45, 7) is 0. The molecule has 0 unspecified atom stereocenters. The van der Waals surface area contributed by atoms with Crippen molar-refractivity contribution in [2.75, 3.05) is 0 Å². The number of hydrogen-bond donors (Lipinski definition) is 0. The van der Waals surface area contributed by atoms with Gasteiger partial charge in [0.25, 0.3) is 0 Å². The average Bonchev–Trinajstić information content (AvgIpc) is 1.84. The predicted octanol–water partition coefficient (Wildman–Crippen LogP) is 3.17. The molecule has 64 valence electrons. The van der Waals surface area contributed by atoms with Gasteiger partial charge in [-0.05, 0) is 6.42 Å². The molecule has 0 N–H and O–H groups in total. The highest BCUT2D eigenvalue weighted by Gasteiger charge is 2.59. The molecule has 0 aromatic heterocycles. The van der Waals surface area contributed by atoms with Crippen molar-refractivity contribution in [3.8, 4) is 0 Å². The van der Waals surface area contributed by atoms with Gasteiger partial charge in [-0.25, -0.2) is 0 Å². The molecule has 0 atom stereocenters. The monoisotopic (exact) mass is 188 g/mol. The lowest BCUT2D eigenvalue weighted by atomic mass is 10.00. The molecule has 11 heavy (non-hydrogen) atoms. The summed E-state index contributed by atoms with van der Waals surface area (Å²) in [6, 6.07) is 0. The summed E-state index contributed by atoms with van der Waals surface area (Å²) in [5, 5.41) is -1.05. The van der Waals surface area contributed by atoms with Crippen LogP contribution in [0.25, 0.3) is 0 Å². The van der Waals surface area contributed by atoms with Gasteiger partial charge in [0.2, 0.25) is 0 Å². The molecule has 0 nitrogen and oxygen atoms in total. The first-order valence-corrected chi connectivity index (χ1v) is 3.37. The average molecular weight is 189 g/mol. The molecule has 5 heteroatoms. The van der Waals surface area contributed by atoms with Gasteiger partial charge in [0.1, 0.15) is 0 Å². The summed E-state index contributed by atoms with van der Waals surface area (Å²) >= 11 is 4.92. The maximum Gasteiger partial charge on any atom is 0.345 e. The first-order valence-electron chi connectivity index (χ1n) is 3.00. The number of rotatable bonds is 0. The molecular weight excluding hydrogens is 184 g/mol. The third kappa shape index (κ3) is 1.24. The fourth-order valence-electron chi connectivity index (χ4n) is 0.840. The molecule has 1 aliphatic rings. The van der Waals surface area contributed by atoms with Crippen LogP contribution in [0.4, 0.5) is 17.6 Å². The Morgan fingerprint density at radius 2 is 1.82 bits per heavy atom. The van der Waals surface area contributed by atoms with Crippen LogP contribution in [0.15, 0.2) is 11.1 Å². The third-order valence-corrected chi connectivity index (χ3v) is 1.93. The van der Waals surface area contributed by atoms with E-state index in [1.807, 2.05) is 0 Å². The lowest BCUT2D eigenvalue weighted by molar-refractivity contribution is -0.189. The third-order valence-electron chi connectivity index (χ3n) is 1.54. The highest BCUT2D eigenvalue weighted by molar-refractivity contribution is 6.30. The smallest absolute Gasteiger partial charge is 0.199 e. The van der Waals surface area contributed by atoms with Crippen LogP contribution in [0.3, 0.4) is 0 Å². The van der Waals surface area contributed by atoms with E-state index in [2.05, 4.69) is 0 Å². The molecule has 1 rings (SSSR count). The number of hydrogen-bond acceptors (Lipinski definition) is 0. The minimum Gasteiger partial charge on any atom is -0.199 e. The highest BCUT2D eigenvalue weighted by atomic mass is 35.5. The summed E-state index contributed by atoms with van der Waals surface area (Å²) in [5.41, 5.74) is 0. The Morgan fingerprint density at radius 1 is 1.27 bits per heavy atom. The van der Waals surface area contributed by atoms with Crippen LogP contribution < -0.4 is 0 Å². The SMILES string of the molecule is FC1(F)CCC=C(Cl)C1(F)F. The zero-order valence-corrected chi connectivity index (χ0v) is 6.14. The van der Waals surface area contributed by atoms with Gasteiger partial charge < -0.3 is 0 Å². The Labute approximate surface area is 65.8 Å². The van der Waals surface area contributed by atoms with Crippen molar-refractivity contribution in [3.63, 3.8) is 0 Å². The molecular formula is C6H5ClF4. The lowest BCUT2D eigenvalue weighted by Crippen LogP contribution is -2.42. The lowest BCUT2D eigenvalue weighted by Gasteiger charge is -2.28. The minimum absolute atomic E-state index is 0.0958. The van der Waals surface area contributed by atoms with Crippen molar-refractivity contribution < 1.29 is 17.6 Å². The molecule has 0 radical (unpaired) electrons. The highest BCUT2D eigenvalue weighted by Crippen LogP contribution is 2.47. The van der Waals surface area contributed by atoms with Crippen molar-refractivity contribution >= 4 is 11.6 Å². The fraction of sp³-hybridized carbons (Fsp3) is 0.667. The second kappa shape index (κ2) is 2.37. The molecule has 0 saturated heterocycles. The summed E-state index contributed by atoms with van der Waals surface area (Å²) < 4.78 is 49.6. The van der Waals surface area contributed by atoms with Crippen molar-refractivity contribution in [1.29, 1.82) is 0 Å². The van der Waals surface area contributed by atoms with Crippen LogP contribution in [0.2, 0.25) is 0 Å². The zero-order valence-electron chi connectivity index (χ0n) is 5.38. The molecule has 0 heterocycles. The van der Waals surface area contributed by atoms with E-state index >= 15 is 0 Å². The van der Waals surface area contributed by atoms with Crippen LogP contribution in [0.5, 0.6) is 0 Å². The maximum atomic E-state index is 12.4. The largest absolute Gasteiger partial charge is 0.345 e. The van der Waals surface area contributed by atoms with Crippen LogP contribution in [0.1, 0.15) is 12.8 Å². The normalized spacial score (nSPS) is 27.9. The minimum atomic E-state index is -4.17. The quantitative estimate of drug-likeness (QED) is 0.512. The van der Waals surface area contributed by atoms with E-state index in [-0.39, 0.29) is 6.42 Å². The summed E-state index contributed by atoms with van der Waals surface area (Å²) in [6.07, 6.45) is -0.00336. The van der Waals surface area contributed by atoms with Crippen LogP contribution in [-0.2, 0) is 0 Å². The van der Waals surface area contributed by atoms with Gasteiger partial charge in [-0.1, -0.05) is 17.7 Å². The molecule has 0 aromatic carbocycles. The van der Waals surface area contributed by atoms with Gasteiger partial charge >= 0.3 is 11.8 Å². The molecule has 0 saturated carbocycles. The van der Waals surface area contributed by atoms with Crippen molar-refractivity contribution in [1.82, 2.24) is 0 Å². The zero-order chi connectivity index (χ0) is 8.70. The Hall–Kier alpha value is -0.250. The van der Waals surface area contributed by atoms with E-state index in [4.69, 9.17) is 11.6 Å². The van der Waals surface area contributed by atoms with E-state index in [0.29, 0.717) is 0 Å². The fourth-order valence-corrected chi connectivity index (χ4v) is 1.09. The van der Waals surface area contributed by atoms with Gasteiger partial charge in [0.15, 0.2) is 0 Å². The Kier molecular flexibility index (Phi) is 1.90. The Balaban J connectivity index is 3.00. The summed E-state index contributed by atoms with van der Waals surface area (Å²) in [7, 11) is 0. The van der Waals surface area contributed by atoms with E-state index in [9.17, 15) is 17.6 Å². The van der Waals surface area contributed by atoms with E-state index in [1.54, 1.807) is 0 Å². The van der Waals surface area contributed by atoms with E-state index < -0.39 is 23.3 Å². The second-order valence-corrected chi connectivity index (χ2v) is 2.78. The first kappa shape index (κ1) is 8.84. The van der Waals surface area contributed by atoms with Crippen LogP contribution >= 0.6 is 11.6 Å². The standard InChI is InChI=1S/C6H5ClF4/c7-4-2-1-3-5(8,9)6(4,10)11/h2H,1,3H2. The predicted molar refractivity (Wildman–Crippen MR) is 33.1 cm³/mol. The molecule has 0 aliphatic heterocycles. The maximum absolute atomic E-state index is 12.4. The number of halogens is 5. The van der Waals surface area contributed by atoms with Crippen molar-refractivity contribution in [2.24, 2.45) is 0 Å². The molecule has 0 spiro atoms. The van der Waals surface area contributed by atoms with Crippen LogP contribution in [0, 0.1) is 0 Å². The van der Waals surface area contributed by atoms with Crippen LogP contribution in [-0.4, -0.2) is 11.8 Å². The summed E-state index contributed by atoms with van der Waals surface area (Å²) in [4.78, 5) is 0. The molecule has 0 aromatic rings. The molecule has 0 amide bonds. The van der Waals surface area contributed by atoms with E-state index in [0.717, 1.165) is 6.08 Å². The van der Waals surface area contributed by atoms with Gasteiger partial charge in [-0.2, -0.15) is 17.6 Å². The molecule has 1 aliphatic carbocycles. The summed E-state index contributed by atoms with van der Waals surface area (Å²) in [5.74, 6) is -8.16. The molecule has 0 bridgehead atoms. The molecule has 0 fully saturated rings. The second-order valence-electron chi connectivity index (χ2n) is 2.37. The van der Waals surface area contributed by atoms with Gasteiger partial charge in [-0.3, -0.25) is 0 Å². The first-order chi connectivity index (χ1) is 4.88. The number of alkyl halides is 4. The number of allylic oxidation sites excluding steroid dienone is 2. The van der Waals surface area contributed by atoms with Crippen molar-refractivity contribution in [2.45, 2.75) is 24.7 Å². The van der Waals surface area contributed by atoms with Gasteiger partial charge in [0, 0.05) is 6.42 Å². The topological polar surface area (TPSA) is 0 Å². The van der Waals surface area contributed by atoms with Gasteiger partial charge in [0.05, 0.1) is 5.03 Å². The Bertz CT molecular complexity index is 197.